The molecule has 2 aromatic heterocycles. The van der Waals surface area contributed by atoms with E-state index in [-0.39, 0.29) is 29.7 Å². The second kappa shape index (κ2) is 10.2. The maximum Gasteiger partial charge on any atom is 0.330 e. The van der Waals surface area contributed by atoms with E-state index >= 15 is 0 Å². The van der Waals surface area contributed by atoms with Gasteiger partial charge in [-0.05, 0) is 12.0 Å². The van der Waals surface area contributed by atoms with E-state index in [0.717, 1.165) is 12.0 Å². The minimum absolute atomic E-state index is 0.00171. The molecule has 0 atom stereocenters. The largest absolute Gasteiger partial charge is 0.383 e. The summed E-state index contributed by atoms with van der Waals surface area (Å²) in [5.74, 6) is -0.237. The van der Waals surface area contributed by atoms with Gasteiger partial charge in [0.2, 0.25) is 5.91 Å². The zero-order valence-corrected chi connectivity index (χ0v) is 18.0. The van der Waals surface area contributed by atoms with Crippen molar-refractivity contribution in [3.8, 4) is 0 Å². The van der Waals surface area contributed by atoms with E-state index in [2.05, 4.69) is 15.2 Å². The van der Waals surface area contributed by atoms with Crippen molar-refractivity contribution in [1.82, 2.24) is 19.7 Å². The van der Waals surface area contributed by atoms with Crippen molar-refractivity contribution < 1.29 is 4.79 Å². The van der Waals surface area contributed by atoms with Crippen LogP contribution in [0.15, 0.2) is 49.8 Å². The first-order chi connectivity index (χ1) is 14.5. The van der Waals surface area contributed by atoms with Gasteiger partial charge >= 0.3 is 5.69 Å². The SMILES string of the molecule is CCCCN(C(=O)CSc1nncs1)c1c(N)n(Cc2ccccc2)c(=O)[nH]c1=O. The first-order valence-electron chi connectivity index (χ1n) is 9.37. The van der Waals surface area contributed by atoms with Gasteiger partial charge in [0.05, 0.1) is 12.3 Å². The van der Waals surface area contributed by atoms with Crippen molar-refractivity contribution >= 4 is 40.5 Å². The van der Waals surface area contributed by atoms with E-state index in [1.165, 1.54) is 32.6 Å². The average molecular weight is 447 g/mol. The Morgan fingerprint density at radius 1 is 1.30 bits per heavy atom. The number of benzene rings is 1. The predicted octanol–water partition coefficient (Wildman–Crippen LogP) is 1.94. The number of rotatable bonds is 9. The Labute approximate surface area is 181 Å². The summed E-state index contributed by atoms with van der Waals surface area (Å²) in [5.41, 5.74) is 7.41. The summed E-state index contributed by atoms with van der Waals surface area (Å²) in [4.78, 5) is 41.7. The molecule has 0 aliphatic carbocycles. The minimum Gasteiger partial charge on any atom is -0.383 e. The summed E-state index contributed by atoms with van der Waals surface area (Å²) >= 11 is 2.58. The lowest BCUT2D eigenvalue weighted by Crippen LogP contribution is -2.42. The predicted molar refractivity (Wildman–Crippen MR) is 119 cm³/mol. The van der Waals surface area contributed by atoms with Gasteiger partial charge in [0.15, 0.2) is 10.0 Å². The number of carbonyl (C=O) groups is 1. The monoisotopic (exact) mass is 446 g/mol. The van der Waals surface area contributed by atoms with Crippen molar-refractivity contribution in [3.05, 3.63) is 62.2 Å². The van der Waals surface area contributed by atoms with Gasteiger partial charge in [-0.3, -0.25) is 19.1 Å². The second-order valence-corrected chi connectivity index (χ2v) is 8.51. The molecule has 1 aromatic carbocycles. The molecule has 158 valence electrons. The summed E-state index contributed by atoms with van der Waals surface area (Å²) < 4.78 is 1.94. The van der Waals surface area contributed by atoms with E-state index < -0.39 is 11.2 Å². The zero-order valence-electron chi connectivity index (χ0n) is 16.4. The highest BCUT2D eigenvalue weighted by Gasteiger charge is 2.24. The number of aromatic amines is 1. The fourth-order valence-corrected chi connectivity index (χ4v) is 4.23. The minimum atomic E-state index is -0.674. The molecule has 9 nitrogen and oxygen atoms in total. The normalized spacial score (nSPS) is 10.8. The molecule has 1 amide bonds. The summed E-state index contributed by atoms with van der Waals surface area (Å²) in [5, 5.41) is 7.66. The van der Waals surface area contributed by atoms with Gasteiger partial charge in [-0.15, -0.1) is 10.2 Å². The molecule has 0 aliphatic heterocycles. The molecule has 0 bridgehead atoms. The number of anilines is 2. The van der Waals surface area contributed by atoms with Crippen molar-refractivity contribution in [2.24, 2.45) is 0 Å². The molecular weight excluding hydrogens is 424 g/mol. The summed E-state index contributed by atoms with van der Waals surface area (Å²) in [7, 11) is 0. The van der Waals surface area contributed by atoms with Crippen LogP contribution < -0.4 is 21.9 Å². The van der Waals surface area contributed by atoms with Gasteiger partial charge in [-0.2, -0.15) is 0 Å². The van der Waals surface area contributed by atoms with Gasteiger partial charge in [-0.25, -0.2) is 4.79 Å². The van der Waals surface area contributed by atoms with Crippen molar-refractivity contribution in [3.63, 3.8) is 0 Å². The van der Waals surface area contributed by atoms with Gasteiger partial charge < -0.3 is 10.6 Å². The third-order valence-corrected chi connectivity index (χ3v) is 6.21. The highest BCUT2D eigenvalue weighted by atomic mass is 32.2. The quantitative estimate of drug-likeness (QED) is 0.481. The number of hydrogen-bond acceptors (Lipinski definition) is 8. The van der Waals surface area contributed by atoms with Crippen molar-refractivity contribution in [2.45, 2.75) is 30.6 Å². The van der Waals surface area contributed by atoms with E-state index in [9.17, 15) is 14.4 Å². The number of thioether (sulfide) groups is 1. The summed E-state index contributed by atoms with van der Waals surface area (Å²) in [6.45, 7) is 2.50. The number of nitrogens with one attached hydrogen (secondary N) is 1. The molecule has 11 heteroatoms. The Kier molecular flexibility index (Phi) is 7.41. The maximum atomic E-state index is 13.0. The lowest BCUT2D eigenvalue weighted by atomic mass is 10.2. The number of aromatic nitrogens is 4. The Morgan fingerprint density at radius 2 is 2.07 bits per heavy atom. The Morgan fingerprint density at radius 3 is 2.73 bits per heavy atom. The molecule has 3 rings (SSSR count). The van der Waals surface area contributed by atoms with Crippen LogP contribution in [0.5, 0.6) is 0 Å². The molecule has 2 heterocycles. The third-order valence-electron chi connectivity index (χ3n) is 4.36. The van der Waals surface area contributed by atoms with Crippen LogP contribution in [0.2, 0.25) is 0 Å². The number of H-pyrrole nitrogens is 1. The third kappa shape index (κ3) is 5.16. The molecule has 3 N–H and O–H groups in total. The molecule has 0 saturated carbocycles. The number of nitrogens with zero attached hydrogens (tertiary/aromatic N) is 4. The second-order valence-electron chi connectivity index (χ2n) is 6.46. The molecule has 0 spiro atoms. The molecule has 0 fully saturated rings. The van der Waals surface area contributed by atoms with E-state index in [4.69, 9.17) is 5.73 Å². The summed E-state index contributed by atoms with van der Waals surface area (Å²) in [6, 6.07) is 9.29. The Hall–Kier alpha value is -2.92. The van der Waals surface area contributed by atoms with Gasteiger partial charge in [0, 0.05) is 6.54 Å². The Bertz CT molecular complexity index is 1100. The smallest absolute Gasteiger partial charge is 0.330 e. The first-order valence-corrected chi connectivity index (χ1v) is 11.2. The highest BCUT2D eigenvalue weighted by molar-refractivity contribution is 8.01. The van der Waals surface area contributed by atoms with E-state index in [1.54, 1.807) is 5.51 Å². The lowest BCUT2D eigenvalue weighted by molar-refractivity contribution is -0.116. The molecule has 0 aliphatic rings. The molecule has 0 unspecified atom stereocenters. The number of nitrogen functional groups attached to an aromatic ring is 1. The van der Waals surface area contributed by atoms with Crippen LogP contribution >= 0.6 is 23.1 Å². The number of carbonyl (C=O) groups excluding carboxylic acids is 1. The van der Waals surface area contributed by atoms with E-state index in [0.29, 0.717) is 17.3 Å². The summed E-state index contributed by atoms with van der Waals surface area (Å²) in [6.07, 6.45) is 1.51. The molecule has 0 radical (unpaired) electrons. The zero-order chi connectivity index (χ0) is 21.5. The van der Waals surface area contributed by atoms with Crippen LogP contribution in [0, 0.1) is 0 Å². The molecule has 0 saturated heterocycles. The van der Waals surface area contributed by atoms with Crippen LogP contribution in [0.1, 0.15) is 25.3 Å². The van der Waals surface area contributed by atoms with E-state index in [1.807, 2.05) is 37.3 Å². The number of amides is 1. The van der Waals surface area contributed by atoms with Crippen LogP contribution in [0.3, 0.4) is 0 Å². The topological polar surface area (TPSA) is 127 Å². The van der Waals surface area contributed by atoms with Crippen LogP contribution in [0.4, 0.5) is 11.5 Å². The fraction of sp³-hybridized carbons (Fsp3) is 0.316. The molecule has 30 heavy (non-hydrogen) atoms. The van der Waals surface area contributed by atoms with Crippen LogP contribution in [-0.2, 0) is 11.3 Å². The van der Waals surface area contributed by atoms with Crippen LogP contribution in [0.25, 0.3) is 0 Å². The van der Waals surface area contributed by atoms with Gasteiger partial charge in [-0.1, -0.05) is 66.8 Å². The highest BCUT2D eigenvalue weighted by Crippen LogP contribution is 2.23. The molecule has 3 aromatic rings. The Balaban J connectivity index is 1.95. The fourth-order valence-electron chi connectivity index (χ4n) is 2.87. The number of hydrogen-bond donors (Lipinski definition) is 2. The maximum absolute atomic E-state index is 13.0. The number of nitrogens with two attached hydrogens (primary N) is 1. The van der Waals surface area contributed by atoms with Gasteiger partial charge in [0.25, 0.3) is 5.56 Å². The standard InChI is InChI=1S/C19H22N6O3S2/c1-2-3-9-24(14(26)11-29-19-23-21-12-30-19)15-16(20)25(18(28)22-17(15)27)10-13-7-5-4-6-8-13/h4-8,12H,2-3,9-11,20H2,1H3,(H,22,27,28). The number of unbranched alkanes of at least 4 members (excludes halogenated alkanes) is 1. The van der Waals surface area contributed by atoms with Gasteiger partial charge in [0.1, 0.15) is 11.3 Å². The average Bonchev–Trinajstić information content (AvgIpc) is 3.26. The van der Waals surface area contributed by atoms with Crippen LogP contribution in [-0.4, -0.2) is 38.0 Å². The van der Waals surface area contributed by atoms with Crippen molar-refractivity contribution in [2.75, 3.05) is 22.9 Å². The first kappa shape index (κ1) is 21.8. The van der Waals surface area contributed by atoms with Crippen molar-refractivity contribution in [1.29, 1.82) is 0 Å². The lowest BCUT2D eigenvalue weighted by Gasteiger charge is -2.24. The molecular formula is C19H22N6O3S2.